The number of nitrogens with two attached hydrogens (primary N) is 1. The molecule has 0 spiro atoms. The number of primary amides is 1. The Morgan fingerprint density at radius 3 is 3.04 bits per heavy atom. The smallest absolute Gasteiger partial charge is 0.217 e. The lowest BCUT2D eigenvalue weighted by molar-refractivity contribution is -0.119. The van der Waals surface area contributed by atoms with E-state index in [0.717, 1.165) is 61.3 Å². The molecular formula is C20H29FIN5O. The van der Waals surface area contributed by atoms with Gasteiger partial charge in [-0.15, -0.1) is 24.0 Å². The number of aromatic amines is 1. The van der Waals surface area contributed by atoms with Crippen LogP contribution in [0.2, 0.25) is 0 Å². The number of rotatable bonds is 6. The topological polar surface area (TPSA) is 86.5 Å². The van der Waals surface area contributed by atoms with E-state index in [1.807, 2.05) is 13.1 Å². The number of benzene rings is 1. The maximum Gasteiger partial charge on any atom is 0.217 e. The van der Waals surface area contributed by atoms with Crippen molar-refractivity contribution in [2.45, 2.75) is 32.6 Å². The quantitative estimate of drug-likeness (QED) is 0.323. The number of likely N-dealkylation sites (tertiary alicyclic amines) is 1. The predicted molar refractivity (Wildman–Crippen MR) is 121 cm³/mol. The number of nitrogens with one attached hydrogen (secondary N) is 2. The molecule has 28 heavy (non-hydrogen) atoms. The summed E-state index contributed by atoms with van der Waals surface area (Å²) in [5, 5.41) is 4.26. The molecule has 1 saturated heterocycles. The number of piperidine rings is 1. The summed E-state index contributed by atoms with van der Waals surface area (Å²) in [6.45, 7) is 5.17. The monoisotopic (exact) mass is 501 g/mol. The van der Waals surface area contributed by atoms with Crippen LogP contribution >= 0.6 is 24.0 Å². The lowest BCUT2D eigenvalue weighted by Gasteiger charge is -2.34. The molecule has 0 saturated carbocycles. The summed E-state index contributed by atoms with van der Waals surface area (Å²) in [5.74, 6) is 0.693. The molecule has 1 unspecified atom stereocenters. The SMILES string of the molecule is CCNC(=NCCc1c[nH]c2ccc(F)cc12)N1CCCC(CC(N)=O)C1.I. The summed E-state index contributed by atoms with van der Waals surface area (Å²) in [5.41, 5.74) is 7.36. The van der Waals surface area contributed by atoms with Gasteiger partial charge in [0.15, 0.2) is 5.96 Å². The Labute approximate surface area is 182 Å². The molecular weight excluding hydrogens is 472 g/mol. The lowest BCUT2D eigenvalue weighted by Crippen LogP contribution is -2.47. The number of amides is 1. The third-order valence-corrected chi connectivity index (χ3v) is 5.02. The highest BCUT2D eigenvalue weighted by molar-refractivity contribution is 14.0. The minimum atomic E-state index is -0.240. The zero-order valence-electron chi connectivity index (χ0n) is 16.2. The van der Waals surface area contributed by atoms with Gasteiger partial charge in [-0.2, -0.15) is 0 Å². The summed E-state index contributed by atoms with van der Waals surface area (Å²) in [6, 6.07) is 4.78. The van der Waals surface area contributed by atoms with Crippen LogP contribution in [0.5, 0.6) is 0 Å². The van der Waals surface area contributed by atoms with Crippen LogP contribution in [0.4, 0.5) is 4.39 Å². The van der Waals surface area contributed by atoms with E-state index in [0.29, 0.717) is 13.0 Å². The van der Waals surface area contributed by atoms with Crippen molar-refractivity contribution in [2.24, 2.45) is 16.6 Å². The van der Waals surface area contributed by atoms with Crippen molar-refractivity contribution < 1.29 is 9.18 Å². The van der Waals surface area contributed by atoms with Gasteiger partial charge in [0.05, 0.1) is 0 Å². The van der Waals surface area contributed by atoms with Gasteiger partial charge in [-0.1, -0.05) is 0 Å². The van der Waals surface area contributed by atoms with Gasteiger partial charge in [0.1, 0.15) is 5.82 Å². The number of carbonyl (C=O) groups excluding carboxylic acids is 1. The highest BCUT2D eigenvalue weighted by atomic mass is 127. The minimum absolute atomic E-state index is 0. The zero-order valence-corrected chi connectivity index (χ0v) is 18.5. The van der Waals surface area contributed by atoms with Gasteiger partial charge in [0.2, 0.25) is 5.91 Å². The van der Waals surface area contributed by atoms with Gasteiger partial charge in [0, 0.05) is 49.7 Å². The normalized spacial score (nSPS) is 17.4. The molecule has 3 rings (SSSR count). The van der Waals surface area contributed by atoms with Gasteiger partial charge in [-0.3, -0.25) is 9.79 Å². The van der Waals surface area contributed by atoms with Crippen LogP contribution in [0, 0.1) is 11.7 Å². The summed E-state index contributed by atoms with van der Waals surface area (Å²) in [7, 11) is 0. The molecule has 1 amide bonds. The van der Waals surface area contributed by atoms with Crippen molar-refractivity contribution in [1.29, 1.82) is 0 Å². The Kier molecular flexibility index (Phi) is 8.53. The fourth-order valence-corrected chi connectivity index (χ4v) is 3.77. The molecule has 1 fully saturated rings. The van der Waals surface area contributed by atoms with Crippen LogP contribution in [-0.2, 0) is 11.2 Å². The molecule has 0 bridgehead atoms. The second-order valence-corrected chi connectivity index (χ2v) is 7.11. The first kappa shape index (κ1) is 22.4. The molecule has 154 valence electrons. The van der Waals surface area contributed by atoms with Crippen molar-refractivity contribution in [3.05, 3.63) is 35.8 Å². The van der Waals surface area contributed by atoms with Gasteiger partial charge < -0.3 is 20.9 Å². The Morgan fingerprint density at radius 2 is 2.29 bits per heavy atom. The first-order chi connectivity index (χ1) is 13.1. The largest absolute Gasteiger partial charge is 0.370 e. The number of H-pyrrole nitrogens is 1. The van der Waals surface area contributed by atoms with E-state index in [4.69, 9.17) is 10.7 Å². The second kappa shape index (κ2) is 10.6. The van der Waals surface area contributed by atoms with Crippen LogP contribution in [0.1, 0.15) is 31.7 Å². The Hall–Kier alpha value is -1.84. The van der Waals surface area contributed by atoms with E-state index in [1.54, 1.807) is 12.1 Å². The van der Waals surface area contributed by atoms with E-state index in [2.05, 4.69) is 15.2 Å². The van der Waals surface area contributed by atoms with Crippen LogP contribution in [-0.4, -0.2) is 47.9 Å². The maximum absolute atomic E-state index is 13.5. The molecule has 1 aromatic heterocycles. The first-order valence-electron chi connectivity index (χ1n) is 9.64. The second-order valence-electron chi connectivity index (χ2n) is 7.11. The summed E-state index contributed by atoms with van der Waals surface area (Å²) in [6.07, 6.45) is 5.15. The van der Waals surface area contributed by atoms with Gasteiger partial charge in [-0.25, -0.2) is 4.39 Å². The number of halogens is 2. The third-order valence-electron chi connectivity index (χ3n) is 5.02. The molecule has 1 aliphatic rings. The third kappa shape index (κ3) is 5.83. The van der Waals surface area contributed by atoms with E-state index < -0.39 is 0 Å². The van der Waals surface area contributed by atoms with Crippen molar-refractivity contribution in [1.82, 2.24) is 15.2 Å². The molecule has 0 aliphatic carbocycles. The van der Waals surface area contributed by atoms with E-state index in [9.17, 15) is 9.18 Å². The van der Waals surface area contributed by atoms with Gasteiger partial charge in [-0.05, 0) is 55.9 Å². The van der Waals surface area contributed by atoms with Gasteiger partial charge >= 0.3 is 0 Å². The number of guanidine groups is 1. The summed E-state index contributed by atoms with van der Waals surface area (Å²) < 4.78 is 13.5. The van der Waals surface area contributed by atoms with Gasteiger partial charge in [0.25, 0.3) is 0 Å². The number of aromatic nitrogens is 1. The minimum Gasteiger partial charge on any atom is -0.370 e. The number of hydrogen-bond donors (Lipinski definition) is 3. The Balaban J connectivity index is 0.00000280. The molecule has 1 atom stereocenters. The molecule has 4 N–H and O–H groups in total. The number of carbonyl (C=O) groups is 1. The van der Waals surface area contributed by atoms with Crippen LogP contribution < -0.4 is 11.1 Å². The fourth-order valence-electron chi connectivity index (χ4n) is 3.77. The summed E-state index contributed by atoms with van der Waals surface area (Å²) in [4.78, 5) is 21.4. The molecule has 6 nitrogen and oxygen atoms in total. The molecule has 1 aliphatic heterocycles. The van der Waals surface area contributed by atoms with Crippen LogP contribution in [0.25, 0.3) is 10.9 Å². The van der Waals surface area contributed by atoms with E-state index in [-0.39, 0.29) is 41.6 Å². The molecule has 2 aromatic rings. The zero-order chi connectivity index (χ0) is 19.2. The van der Waals surface area contributed by atoms with Crippen molar-refractivity contribution >= 4 is 46.7 Å². The molecule has 0 radical (unpaired) electrons. The summed E-state index contributed by atoms with van der Waals surface area (Å²) >= 11 is 0. The van der Waals surface area contributed by atoms with Crippen molar-refractivity contribution in [3.63, 3.8) is 0 Å². The average molecular weight is 501 g/mol. The Morgan fingerprint density at radius 1 is 1.46 bits per heavy atom. The van der Waals surface area contributed by atoms with Crippen LogP contribution in [0.15, 0.2) is 29.4 Å². The predicted octanol–water partition coefficient (Wildman–Crippen LogP) is 3.02. The standard InChI is InChI=1S/C20H28FN5O.HI/c1-2-23-20(26-9-3-4-14(13-26)10-19(22)27)24-8-7-15-12-25-18-6-5-16(21)11-17(15)18;/h5-6,11-12,14,25H,2-4,7-10,13H2,1H3,(H2,22,27)(H,23,24);1H. The Bertz CT molecular complexity index is 822. The number of nitrogens with zero attached hydrogens (tertiary/aromatic N) is 2. The van der Waals surface area contributed by atoms with Crippen molar-refractivity contribution in [3.8, 4) is 0 Å². The highest BCUT2D eigenvalue weighted by Crippen LogP contribution is 2.21. The van der Waals surface area contributed by atoms with Crippen LogP contribution in [0.3, 0.4) is 0 Å². The number of hydrogen-bond acceptors (Lipinski definition) is 2. The molecule has 8 heteroatoms. The molecule has 2 heterocycles. The average Bonchev–Trinajstić information content (AvgIpc) is 3.03. The maximum atomic E-state index is 13.5. The fraction of sp³-hybridized carbons (Fsp3) is 0.500. The van der Waals surface area contributed by atoms with E-state index in [1.165, 1.54) is 6.07 Å². The van der Waals surface area contributed by atoms with E-state index >= 15 is 0 Å². The first-order valence-corrected chi connectivity index (χ1v) is 9.64. The number of fused-ring (bicyclic) bond motifs is 1. The van der Waals surface area contributed by atoms with Crippen molar-refractivity contribution in [2.75, 3.05) is 26.2 Å². The highest BCUT2D eigenvalue weighted by Gasteiger charge is 2.23. The lowest BCUT2D eigenvalue weighted by atomic mass is 9.95. The molecule has 1 aromatic carbocycles. The number of aliphatic imine (C=N–C) groups is 1.